The molecule has 2 aromatic rings. The van der Waals surface area contributed by atoms with Gasteiger partial charge in [0.2, 0.25) is 0 Å². The SMILES string of the molecule is CCCCOc1ccccc1C=C1SC(=O)N(CN2CCN(c3ccc(C)cc3)CC2)C1=O. The fraction of sp³-hybridized carbons (Fsp3) is 0.385. The van der Waals surface area contributed by atoms with Crippen LogP contribution >= 0.6 is 11.8 Å². The number of anilines is 1. The quantitative estimate of drug-likeness (QED) is 0.404. The Balaban J connectivity index is 1.37. The molecule has 0 saturated carbocycles. The van der Waals surface area contributed by atoms with E-state index < -0.39 is 0 Å². The van der Waals surface area contributed by atoms with Crippen LogP contribution in [0.15, 0.2) is 53.4 Å². The molecule has 2 aliphatic heterocycles. The maximum Gasteiger partial charge on any atom is 0.294 e. The number of carbonyl (C=O) groups excluding carboxylic acids is 2. The lowest BCUT2D eigenvalue weighted by molar-refractivity contribution is -0.124. The number of para-hydroxylation sites is 1. The van der Waals surface area contributed by atoms with Gasteiger partial charge >= 0.3 is 0 Å². The van der Waals surface area contributed by atoms with E-state index in [1.165, 1.54) is 16.2 Å². The predicted molar refractivity (Wildman–Crippen MR) is 134 cm³/mol. The summed E-state index contributed by atoms with van der Waals surface area (Å²) in [5.41, 5.74) is 3.29. The highest BCUT2D eigenvalue weighted by atomic mass is 32.2. The number of ether oxygens (including phenoxy) is 1. The summed E-state index contributed by atoms with van der Waals surface area (Å²) >= 11 is 1.01. The van der Waals surface area contributed by atoms with Crippen LogP contribution in [0.2, 0.25) is 0 Å². The molecule has 0 unspecified atom stereocenters. The van der Waals surface area contributed by atoms with Crippen LogP contribution < -0.4 is 9.64 Å². The number of amides is 2. The average molecular weight is 466 g/mol. The van der Waals surface area contributed by atoms with Crippen LogP contribution in [0, 0.1) is 6.92 Å². The lowest BCUT2D eigenvalue weighted by atomic mass is 10.2. The molecule has 33 heavy (non-hydrogen) atoms. The summed E-state index contributed by atoms with van der Waals surface area (Å²) in [6, 6.07) is 16.2. The zero-order valence-corrected chi connectivity index (χ0v) is 20.1. The van der Waals surface area contributed by atoms with Crippen LogP contribution in [-0.2, 0) is 4.79 Å². The maximum atomic E-state index is 13.0. The van der Waals surface area contributed by atoms with Crippen LogP contribution in [0.25, 0.3) is 6.08 Å². The van der Waals surface area contributed by atoms with E-state index in [-0.39, 0.29) is 11.1 Å². The van der Waals surface area contributed by atoms with E-state index in [1.807, 2.05) is 24.3 Å². The smallest absolute Gasteiger partial charge is 0.294 e. The van der Waals surface area contributed by atoms with Gasteiger partial charge in [0.15, 0.2) is 0 Å². The molecule has 0 spiro atoms. The van der Waals surface area contributed by atoms with Gasteiger partial charge < -0.3 is 9.64 Å². The van der Waals surface area contributed by atoms with E-state index in [0.29, 0.717) is 18.2 Å². The fourth-order valence-electron chi connectivity index (χ4n) is 3.92. The number of benzene rings is 2. The van der Waals surface area contributed by atoms with Gasteiger partial charge in [-0.3, -0.25) is 19.4 Å². The number of thioether (sulfide) groups is 1. The van der Waals surface area contributed by atoms with Crippen molar-refractivity contribution in [1.82, 2.24) is 9.80 Å². The van der Waals surface area contributed by atoms with Crippen molar-refractivity contribution in [3.8, 4) is 5.75 Å². The van der Waals surface area contributed by atoms with Gasteiger partial charge in [0, 0.05) is 37.4 Å². The number of imide groups is 1. The number of piperazine rings is 1. The Morgan fingerprint density at radius 1 is 1.00 bits per heavy atom. The first kappa shape index (κ1) is 23.4. The molecule has 2 aliphatic rings. The lowest BCUT2D eigenvalue weighted by Gasteiger charge is -2.37. The number of carbonyl (C=O) groups is 2. The van der Waals surface area contributed by atoms with Crippen molar-refractivity contribution in [3.05, 3.63) is 64.6 Å². The molecule has 0 bridgehead atoms. The second-order valence-electron chi connectivity index (χ2n) is 8.43. The second kappa shape index (κ2) is 10.9. The Kier molecular flexibility index (Phi) is 7.73. The van der Waals surface area contributed by atoms with Crippen LogP contribution in [-0.4, -0.2) is 60.4 Å². The Bertz CT molecular complexity index is 1010. The minimum atomic E-state index is -0.227. The third-order valence-corrected chi connectivity index (χ3v) is 6.85. The standard InChI is InChI=1S/C26H31N3O3S/c1-3-4-17-32-23-8-6-5-7-21(23)18-24-25(30)29(26(31)33-24)19-27-13-15-28(16-14-27)22-11-9-20(2)10-12-22/h5-12,18H,3-4,13-17,19H2,1-2H3. The monoisotopic (exact) mass is 465 g/mol. The molecule has 2 aromatic carbocycles. The first-order chi connectivity index (χ1) is 16.0. The molecule has 0 radical (unpaired) electrons. The molecule has 2 heterocycles. The molecule has 0 N–H and O–H groups in total. The van der Waals surface area contributed by atoms with Gasteiger partial charge in [0.25, 0.3) is 11.1 Å². The van der Waals surface area contributed by atoms with Gasteiger partial charge in [-0.15, -0.1) is 0 Å². The van der Waals surface area contributed by atoms with E-state index in [9.17, 15) is 9.59 Å². The third kappa shape index (κ3) is 5.78. The zero-order valence-electron chi connectivity index (χ0n) is 19.3. The summed E-state index contributed by atoms with van der Waals surface area (Å²) in [6.45, 7) is 8.54. The van der Waals surface area contributed by atoms with E-state index in [2.05, 4.69) is 47.9 Å². The molecule has 2 saturated heterocycles. The molecule has 2 amide bonds. The summed E-state index contributed by atoms with van der Waals surface area (Å²) in [5.74, 6) is 0.513. The molecule has 7 heteroatoms. The van der Waals surface area contributed by atoms with Gasteiger partial charge in [-0.05, 0) is 49.4 Å². The maximum absolute atomic E-state index is 13.0. The minimum Gasteiger partial charge on any atom is -0.493 e. The Morgan fingerprint density at radius 2 is 1.73 bits per heavy atom. The van der Waals surface area contributed by atoms with Crippen molar-refractivity contribution < 1.29 is 14.3 Å². The van der Waals surface area contributed by atoms with Crippen molar-refractivity contribution in [1.29, 1.82) is 0 Å². The van der Waals surface area contributed by atoms with Crippen LogP contribution in [0.1, 0.15) is 30.9 Å². The Morgan fingerprint density at radius 3 is 2.45 bits per heavy atom. The number of hydrogen-bond donors (Lipinski definition) is 0. The highest BCUT2D eigenvalue weighted by molar-refractivity contribution is 8.18. The van der Waals surface area contributed by atoms with Gasteiger partial charge in [-0.1, -0.05) is 49.2 Å². The first-order valence-electron chi connectivity index (χ1n) is 11.6. The second-order valence-corrected chi connectivity index (χ2v) is 9.42. The van der Waals surface area contributed by atoms with Crippen molar-refractivity contribution in [2.24, 2.45) is 0 Å². The minimum absolute atomic E-state index is 0.211. The summed E-state index contributed by atoms with van der Waals surface area (Å²) in [5, 5.41) is -0.211. The van der Waals surface area contributed by atoms with Gasteiger partial charge in [0.1, 0.15) is 5.75 Å². The van der Waals surface area contributed by atoms with E-state index in [0.717, 1.165) is 62.1 Å². The average Bonchev–Trinajstić information content (AvgIpc) is 3.09. The third-order valence-electron chi connectivity index (χ3n) is 5.95. The number of aryl methyl sites for hydroxylation is 1. The van der Waals surface area contributed by atoms with Crippen molar-refractivity contribution in [2.45, 2.75) is 26.7 Å². The van der Waals surface area contributed by atoms with E-state index in [4.69, 9.17) is 4.74 Å². The molecule has 2 fully saturated rings. The highest BCUT2D eigenvalue weighted by Crippen LogP contribution is 2.34. The fourth-order valence-corrected chi connectivity index (χ4v) is 4.75. The molecule has 0 atom stereocenters. The summed E-state index contributed by atoms with van der Waals surface area (Å²) in [6.07, 6.45) is 3.81. The highest BCUT2D eigenvalue weighted by Gasteiger charge is 2.36. The normalized spacial score (nSPS) is 18.4. The van der Waals surface area contributed by atoms with E-state index >= 15 is 0 Å². The van der Waals surface area contributed by atoms with E-state index in [1.54, 1.807) is 6.08 Å². The lowest BCUT2D eigenvalue weighted by Crippen LogP contribution is -2.50. The molecular weight excluding hydrogens is 434 g/mol. The number of rotatable bonds is 8. The summed E-state index contributed by atoms with van der Waals surface area (Å²) < 4.78 is 5.87. The number of unbranched alkanes of at least 4 members (excludes halogenated alkanes) is 1. The molecular formula is C26H31N3O3S. The zero-order chi connectivity index (χ0) is 23.2. The van der Waals surface area contributed by atoms with Crippen molar-refractivity contribution in [2.75, 3.05) is 44.4 Å². The first-order valence-corrected chi connectivity index (χ1v) is 12.4. The summed E-state index contributed by atoms with van der Waals surface area (Å²) in [4.78, 5) is 32.0. The van der Waals surface area contributed by atoms with Gasteiger partial charge in [0.05, 0.1) is 18.2 Å². The largest absolute Gasteiger partial charge is 0.493 e. The number of nitrogens with zero attached hydrogens (tertiary/aromatic N) is 3. The predicted octanol–water partition coefficient (Wildman–Crippen LogP) is 4.99. The molecule has 4 rings (SSSR count). The molecule has 0 aromatic heterocycles. The van der Waals surface area contributed by atoms with Crippen molar-refractivity contribution in [3.63, 3.8) is 0 Å². The molecule has 174 valence electrons. The molecule has 6 nitrogen and oxygen atoms in total. The topological polar surface area (TPSA) is 53.1 Å². The van der Waals surface area contributed by atoms with Gasteiger partial charge in [-0.25, -0.2) is 0 Å². The van der Waals surface area contributed by atoms with Gasteiger partial charge in [-0.2, -0.15) is 0 Å². The number of hydrogen-bond acceptors (Lipinski definition) is 6. The van der Waals surface area contributed by atoms with Crippen molar-refractivity contribution >= 4 is 34.7 Å². The molecule has 0 aliphatic carbocycles. The van der Waals surface area contributed by atoms with Crippen LogP contribution in [0.4, 0.5) is 10.5 Å². The summed E-state index contributed by atoms with van der Waals surface area (Å²) in [7, 11) is 0. The Labute approximate surface area is 200 Å². The van der Waals surface area contributed by atoms with Crippen LogP contribution in [0.3, 0.4) is 0 Å². The Hall–Kier alpha value is -2.77. The van der Waals surface area contributed by atoms with Crippen LogP contribution in [0.5, 0.6) is 5.75 Å².